The third kappa shape index (κ3) is 1.08. The van der Waals surface area contributed by atoms with Crippen LogP contribution in [0.25, 0.3) is 0 Å². The topological polar surface area (TPSA) is 43.4 Å². The van der Waals surface area contributed by atoms with Gasteiger partial charge in [0.2, 0.25) is 0 Å². The maximum atomic E-state index is 12.8. The van der Waals surface area contributed by atoms with E-state index in [9.17, 15) is 9.59 Å². The zero-order chi connectivity index (χ0) is 13.6. The summed E-state index contributed by atoms with van der Waals surface area (Å²) < 4.78 is 6.15. The number of hydrogen-bond donors (Lipinski definition) is 0. The average Bonchev–Trinajstić information content (AvgIpc) is 2.47. The van der Waals surface area contributed by atoms with Crippen LogP contribution < -0.4 is 0 Å². The van der Waals surface area contributed by atoms with E-state index >= 15 is 0 Å². The minimum absolute atomic E-state index is 0.0732. The molecule has 4 atom stereocenters. The predicted octanol–water partition coefficient (Wildman–Crippen LogP) is 2.64. The molecular formula is C16H20O3. The Labute approximate surface area is 113 Å². The first kappa shape index (κ1) is 11.7. The average molecular weight is 260 g/mol. The molecule has 0 amide bonds. The molecule has 5 rings (SSSR count). The number of rotatable bonds is 0. The van der Waals surface area contributed by atoms with E-state index < -0.39 is 5.41 Å². The van der Waals surface area contributed by atoms with Gasteiger partial charge in [-0.3, -0.25) is 9.59 Å². The Morgan fingerprint density at radius 3 is 2.68 bits per heavy atom. The first-order valence-electron chi connectivity index (χ1n) is 7.28. The second-order valence-electron chi connectivity index (χ2n) is 7.67. The monoisotopic (exact) mass is 260 g/mol. The zero-order valence-electron chi connectivity index (χ0n) is 11.8. The lowest BCUT2D eigenvalue weighted by Gasteiger charge is -2.67. The van der Waals surface area contributed by atoms with E-state index in [-0.39, 0.29) is 22.7 Å². The third-order valence-electron chi connectivity index (χ3n) is 6.31. The fourth-order valence-electron chi connectivity index (χ4n) is 5.47. The summed E-state index contributed by atoms with van der Waals surface area (Å²) in [5.74, 6) is 1.65. The molecule has 1 spiro atoms. The predicted molar refractivity (Wildman–Crippen MR) is 69.2 cm³/mol. The minimum atomic E-state index is -0.451. The first-order chi connectivity index (χ1) is 8.81. The summed E-state index contributed by atoms with van der Waals surface area (Å²) >= 11 is 0. The number of hydrogen-bond acceptors (Lipinski definition) is 3. The Hall–Kier alpha value is -1.12. The van der Waals surface area contributed by atoms with Crippen molar-refractivity contribution in [2.75, 3.05) is 0 Å². The Bertz CT molecular complexity index is 544. The molecule has 3 nitrogen and oxygen atoms in total. The van der Waals surface area contributed by atoms with Crippen LogP contribution >= 0.6 is 0 Å². The molecule has 0 N–H and O–H groups in total. The van der Waals surface area contributed by atoms with Crippen molar-refractivity contribution in [3.05, 3.63) is 11.8 Å². The lowest BCUT2D eigenvalue weighted by Crippen LogP contribution is -2.69. The van der Waals surface area contributed by atoms with Crippen molar-refractivity contribution in [2.24, 2.45) is 22.7 Å². The fraction of sp³-hybridized carbons (Fsp3) is 0.750. The van der Waals surface area contributed by atoms with Crippen LogP contribution in [0, 0.1) is 22.7 Å². The highest BCUT2D eigenvalue weighted by Crippen LogP contribution is 2.74. The summed E-state index contributed by atoms with van der Waals surface area (Å²) in [7, 11) is 0. The Kier molecular flexibility index (Phi) is 1.82. The van der Waals surface area contributed by atoms with Gasteiger partial charge >= 0.3 is 0 Å². The minimum Gasteiger partial charge on any atom is -0.490 e. The van der Waals surface area contributed by atoms with Gasteiger partial charge in [-0.15, -0.1) is 0 Å². The van der Waals surface area contributed by atoms with Gasteiger partial charge in [0.25, 0.3) is 0 Å². The lowest BCUT2D eigenvalue weighted by molar-refractivity contribution is -0.206. The van der Waals surface area contributed by atoms with Crippen LogP contribution in [-0.4, -0.2) is 17.2 Å². The summed E-state index contributed by atoms with van der Waals surface area (Å²) in [6.45, 7) is 6.46. The van der Waals surface area contributed by atoms with Crippen LogP contribution in [0.1, 0.15) is 46.5 Å². The number of ether oxygens (including phenoxy) is 1. The number of carbonyl (C=O) groups excluding carboxylic acids is 2. The van der Waals surface area contributed by atoms with Crippen molar-refractivity contribution < 1.29 is 14.3 Å². The van der Waals surface area contributed by atoms with E-state index in [0.717, 1.165) is 12.8 Å². The standard InChI is InChI=1S/C16H20O3/c1-14(2)10-4-5-15(3)8-12(18)16(10)11(14)6-9(17)7-13(16)19-15/h7,10-11H,4-6,8H2,1-3H3/t10-,11+,15-,16?/m0/s1. The lowest BCUT2D eigenvalue weighted by atomic mass is 9.35. The maximum Gasteiger partial charge on any atom is 0.159 e. The van der Waals surface area contributed by atoms with Gasteiger partial charge in [-0.05, 0) is 37.0 Å². The maximum absolute atomic E-state index is 12.8. The molecule has 0 aromatic heterocycles. The van der Waals surface area contributed by atoms with Crippen molar-refractivity contribution >= 4 is 11.6 Å². The first-order valence-corrected chi connectivity index (χ1v) is 7.28. The molecule has 2 heterocycles. The SMILES string of the molecule is CC1(C)[C@H]2CC(=O)C=C3O[C@@]4(C)CC[C@@H]1C32C(=O)C4. The number of allylic oxidation sites excluding steroid dienone is 2. The summed E-state index contributed by atoms with van der Waals surface area (Å²) in [4.78, 5) is 24.8. The number of ketones is 2. The van der Waals surface area contributed by atoms with E-state index in [4.69, 9.17) is 4.74 Å². The molecule has 1 unspecified atom stereocenters. The Balaban J connectivity index is 1.97. The summed E-state index contributed by atoms with van der Waals surface area (Å²) in [5.41, 5.74) is -0.763. The van der Waals surface area contributed by atoms with Gasteiger partial charge < -0.3 is 4.74 Å². The van der Waals surface area contributed by atoms with Crippen LogP contribution in [0.15, 0.2) is 11.8 Å². The summed E-state index contributed by atoms with van der Waals surface area (Å²) in [5, 5.41) is 0. The quantitative estimate of drug-likeness (QED) is 0.672. The molecule has 0 radical (unpaired) electrons. The van der Waals surface area contributed by atoms with E-state index in [0.29, 0.717) is 30.3 Å². The highest BCUT2D eigenvalue weighted by Gasteiger charge is 2.76. The fourth-order valence-corrected chi connectivity index (χ4v) is 5.47. The summed E-state index contributed by atoms with van der Waals surface area (Å²) in [6.07, 6.45) is 4.61. The van der Waals surface area contributed by atoms with Crippen LogP contribution in [0.5, 0.6) is 0 Å². The van der Waals surface area contributed by atoms with E-state index in [1.54, 1.807) is 6.08 Å². The van der Waals surface area contributed by atoms with Crippen LogP contribution in [-0.2, 0) is 14.3 Å². The van der Waals surface area contributed by atoms with Crippen molar-refractivity contribution in [1.82, 2.24) is 0 Å². The zero-order valence-corrected chi connectivity index (χ0v) is 11.8. The highest BCUT2D eigenvalue weighted by atomic mass is 16.5. The molecule has 2 aliphatic heterocycles. The van der Waals surface area contributed by atoms with Crippen LogP contribution in [0.2, 0.25) is 0 Å². The normalized spacial score (nSPS) is 49.7. The molecule has 3 aliphatic carbocycles. The van der Waals surface area contributed by atoms with Crippen LogP contribution in [0.4, 0.5) is 0 Å². The van der Waals surface area contributed by atoms with Gasteiger partial charge in [-0.25, -0.2) is 0 Å². The van der Waals surface area contributed by atoms with Gasteiger partial charge in [0.15, 0.2) is 11.6 Å². The molecule has 3 heteroatoms. The molecular weight excluding hydrogens is 240 g/mol. The van der Waals surface area contributed by atoms with Gasteiger partial charge in [0, 0.05) is 18.9 Å². The van der Waals surface area contributed by atoms with Gasteiger partial charge in [0.1, 0.15) is 11.4 Å². The molecule has 0 aromatic rings. The summed E-state index contributed by atoms with van der Waals surface area (Å²) in [6, 6.07) is 0. The Morgan fingerprint density at radius 2 is 1.95 bits per heavy atom. The molecule has 4 fully saturated rings. The smallest absolute Gasteiger partial charge is 0.159 e. The molecule has 102 valence electrons. The van der Waals surface area contributed by atoms with E-state index in [1.165, 1.54) is 0 Å². The molecule has 2 saturated heterocycles. The molecule has 2 saturated carbocycles. The van der Waals surface area contributed by atoms with Gasteiger partial charge in [-0.1, -0.05) is 13.8 Å². The number of carbonyl (C=O) groups is 2. The molecule has 19 heavy (non-hydrogen) atoms. The molecule has 0 aromatic carbocycles. The largest absolute Gasteiger partial charge is 0.490 e. The van der Waals surface area contributed by atoms with E-state index in [2.05, 4.69) is 13.8 Å². The van der Waals surface area contributed by atoms with Gasteiger partial charge in [0.05, 0.1) is 5.41 Å². The molecule has 2 bridgehead atoms. The van der Waals surface area contributed by atoms with Crippen LogP contribution in [0.3, 0.4) is 0 Å². The highest BCUT2D eigenvalue weighted by molar-refractivity contribution is 6.00. The van der Waals surface area contributed by atoms with Gasteiger partial charge in [-0.2, -0.15) is 0 Å². The van der Waals surface area contributed by atoms with Crippen molar-refractivity contribution in [1.29, 1.82) is 0 Å². The number of fused-ring (bicyclic) bond motifs is 2. The third-order valence-corrected chi connectivity index (χ3v) is 6.31. The van der Waals surface area contributed by atoms with Crippen molar-refractivity contribution in [2.45, 2.75) is 52.1 Å². The van der Waals surface area contributed by atoms with Crippen molar-refractivity contribution in [3.63, 3.8) is 0 Å². The molecule has 5 aliphatic rings. The second kappa shape index (κ2) is 2.97. The Morgan fingerprint density at radius 1 is 1.21 bits per heavy atom. The number of Topliss-reactive ketones (excluding diaryl/α,β-unsaturated/α-hetero) is 1. The van der Waals surface area contributed by atoms with E-state index in [1.807, 2.05) is 6.92 Å². The van der Waals surface area contributed by atoms with Crippen molar-refractivity contribution in [3.8, 4) is 0 Å². The second-order valence-corrected chi connectivity index (χ2v) is 7.67.